The van der Waals surface area contributed by atoms with Gasteiger partial charge in [0.15, 0.2) is 0 Å². The number of furan rings is 1. The van der Waals surface area contributed by atoms with E-state index in [1.54, 1.807) is 0 Å². The third-order valence-corrected chi connectivity index (χ3v) is 18.2. The van der Waals surface area contributed by atoms with Crippen molar-refractivity contribution in [1.29, 1.82) is 0 Å². The molecule has 0 unspecified atom stereocenters. The van der Waals surface area contributed by atoms with Gasteiger partial charge in [-0.2, -0.15) is 0 Å². The minimum Gasteiger partial charge on any atom is -0.456 e. The molecule has 0 amide bonds. The second-order valence-electron chi connectivity index (χ2n) is 27.8. The van der Waals surface area contributed by atoms with Crippen LogP contribution in [0.25, 0.3) is 83.3 Å². The van der Waals surface area contributed by atoms with Gasteiger partial charge in [-0.25, -0.2) is 0 Å². The van der Waals surface area contributed by atoms with E-state index in [0.29, 0.717) is 0 Å². The molecule has 0 saturated heterocycles. The van der Waals surface area contributed by atoms with E-state index in [4.69, 9.17) is 4.42 Å². The molecule has 0 N–H and O–H groups in total. The van der Waals surface area contributed by atoms with Gasteiger partial charge in [0.2, 0.25) is 0 Å². The maximum absolute atomic E-state index is 6.90. The molecule has 2 aliphatic heterocycles. The third-order valence-electron chi connectivity index (χ3n) is 18.2. The van der Waals surface area contributed by atoms with E-state index >= 15 is 0 Å². The van der Waals surface area contributed by atoms with Crippen LogP contribution in [0.3, 0.4) is 0 Å². The van der Waals surface area contributed by atoms with E-state index in [1.165, 1.54) is 122 Å². The second kappa shape index (κ2) is 16.6. The van der Waals surface area contributed by atoms with Gasteiger partial charge in [-0.05, 0) is 166 Å². The topological polar surface area (TPSA) is 21.3 Å². The maximum Gasteiger partial charge on any atom is 0.333 e. The maximum atomic E-state index is 6.90. The van der Waals surface area contributed by atoms with Crippen LogP contribution < -0.4 is 15.7 Å². The lowest BCUT2D eigenvalue weighted by atomic mass is 9.43. The highest BCUT2D eigenvalue weighted by atomic mass is 16.3. The number of fused-ring (bicyclic) bond motifs is 16. The zero-order chi connectivity index (χ0) is 55.0. The minimum atomic E-state index is -0.310. The van der Waals surface area contributed by atoms with Gasteiger partial charge in [-0.3, -0.25) is 0 Å². The summed E-state index contributed by atoms with van der Waals surface area (Å²) in [5.74, 6) is 0. The Hall–Kier alpha value is -7.82. The van der Waals surface area contributed by atoms with Crippen LogP contribution in [0.4, 0.5) is 11.4 Å². The number of rotatable bonds is 4. The summed E-state index contributed by atoms with van der Waals surface area (Å²) < 4.78 is 9.57. The Balaban J connectivity index is 1.16. The number of anilines is 2. The smallest absolute Gasteiger partial charge is 0.333 e. The van der Waals surface area contributed by atoms with Crippen molar-refractivity contribution in [2.24, 2.45) is 0 Å². The fourth-order valence-electron chi connectivity index (χ4n) is 13.8. The van der Waals surface area contributed by atoms with Gasteiger partial charge in [-0.15, -0.1) is 0 Å². The Morgan fingerprint density at radius 3 is 1.76 bits per heavy atom. The van der Waals surface area contributed by atoms with E-state index in [-0.39, 0.29) is 33.9 Å². The van der Waals surface area contributed by atoms with E-state index in [9.17, 15) is 0 Å². The van der Waals surface area contributed by atoms with Gasteiger partial charge >= 0.3 is 6.85 Å². The quantitative estimate of drug-likeness (QED) is 0.129. The number of hydrogen-bond acceptors (Lipinski definition) is 2. The fourth-order valence-corrected chi connectivity index (χ4v) is 13.8. The number of nitrogens with zero attached hydrogens (tertiary/aromatic N) is 2. The standard InChI is InChI=1S/C75H71BN2O/c1-71(2,3)47-28-23-44(24-29-47)39-54(45-25-30-48(31-26-45)72(4,5)6)46-27-37-61-56(40-46)66-65-53-20-15-17-21-58(53)75(13,14)68(65)67-57-41-50(74(10,11)12)34-38-60(57)77-62-42-55-52-19-16-18-22-63(52)79-64(55)43-59(62)76(69(66)70(67)77)78(61)51-35-32-49(33-36-51)73(7,8)9/h15-43H,1-14H3/b54-39+. The summed E-state index contributed by atoms with van der Waals surface area (Å²) in [7, 11) is 0. The summed E-state index contributed by atoms with van der Waals surface area (Å²) in [6, 6.07) is 65.6. The normalized spacial score (nSPS) is 14.8. The Bertz CT molecular complexity index is 4400. The highest BCUT2D eigenvalue weighted by molar-refractivity contribution is 6.94. The van der Waals surface area contributed by atoms with Crippen LogP contribution in [0.2, 0.25) is 0 Å². The summed E-state index contributed by atoms with van der Waals surface area (Å²) in [5, 5.41) is 4.95. The Kier molecular flexibility index (Phi) is 10.4. The molecule has 3 aliphatic rings. The van der Waals surface area contributed by atoms with Gasteiger partial charge in [0.1, 0.15) is 11.2 Å². The molecule has 0 spiro atoms. The molecule has 0 atom stereocenters. The lowest BCUT2D eigenvalue weighted by Gasteiger charge is -2.43. The summed E-state index contributed by atoms with van der Waals surface area (Å²) in [5.41, 5.74) is 28.3. The Labute approximate surface area is 467 Å². The number of benzene rings is 9. The highest BCUT2D eigenvalue weighted by Gasteiger charge is 2.50. The first-order valence-electron chi connectivity index (χ1n) is 28.7. The molecule has 2 aromatic heterocycles. The number of para-hydroxylation sites is 1. The molecule has 11 aromatic rings. The second-order valence-corrected chi connectivity index (χ2v) is 27.8. The Morgan fingerprint density at radius 2 is 1.09 bits per heavy atom. The molecule has 390 valence electrons. The first kappa shape index (κ1) is 49.5. The SMILES string of the molecule is CC(C)(C)c1ccc(/C=C(\c2ccc(C(C)(C)C)cc2)c2ccc3c(c2)-c2c4c(c5c6cc(C(C)(C)C)ccc6n6c5c2B(c2cc5oc7ccccc7c5cc2-6)N3c2ccc(C(C)(C)C)cc2)C(C)(C)c2ccccc2-4)cc1. The van der Waals surface area contributed by atoms with Crippen LogP contribution in [0.5, 0.6) is 0 Å². The summed E-state index contributed by atoms with van der Waals surface area (Å²) in [6.45, 7) is 32.5. The van der Waals surface area contributed by atoms with Gasteiger partial charge < -0.3 is 13.8 Å². The van der Waals surface area contributed by atoms with E-state index < -0.39 is 0 Å². The summed E-state index contributed by atoms with van der Waals surface area (Å²) in [6.07, 6.45) is 2.42. The van der Waals surface area contributed by atoms with Crippen molar-refractivity contribution in [3.63, 3.8) is 0 Å². The van der Waals surface area contributed by atoms with Crippen LogP contribution in [0.15, 0.2) is 174 Å². The summed E-state index contributed by atoms with van der Waals surface area (Å²) >= 11 is 0. The first-order valence-corrected chi connectivity index (χ1v) is 28.7. The molecule has 3 nitrogen and oxygen atoms in total. The van der Waals surface area contributed by atoms with Crippen molar-refractivity contribution >= 4 is 84.5 Å². The molecular formula is C75H71BN2O. The van der Waals surface area contributed by atoms with Crippen LogP contribution in [0, 0.1) is 0 Å². The van der Waals surface area contributed by atoms with Gasteiger partial charge in [0, 0.05) is 49.6 Å². The van der Waals surface area contributed by atoms with Crippen molar-refractivity contribution in [3.05, 3.63) is 220 Å². The molecule has 0 bridgehead atoms. The largest absolute Gasteiger partial charge is 0.456 e. The Morgan fingerprint density at radius 1 is 0.494 bits per heavy atom. The molecule has 1 aliphatic carbocycles. The van der Waals surface area contributed by atoms with Gasteiger partial charge in [0.05, 0.1) is 11.0 Å². The molecule has 0 fully saturated rings. The molecule has 0 radical (unpaired) electrons. The fraction of sp³-hybridized carbons (Fsp3) is 0.253. The lowest BCUT2D eigenvalue weighted by molar-refractivity contribution is 0.590. The van der Waals surface area contributed by atoms with Crippen LogP contribution >= 0.6 is 0 Å². The van der Waals surface area contributed by atoms with Crippen molar-refractivity contribution in [2.75, 3.05) is 4.81 Å². The van der Waals surface area contributed by atoms with E-state index in [0.717, 1.165) is 27.6 Å². The van der Waals surface area contributed by atoms with Crippen molar-refractivity contribution in [3.8, 4) is 27.9 Å². The zero-order valence-corrected chi connectivity index (χ0v) is 48.6. The number of hydrogen-bond donors (Lipinski definition) is 0. The predicted molar refractivity (Wildman–Crippen MR) is 339 cm³/mol. The monoisotopic (exact) mass is 1030 g/mol. The van der Waals surface area contributed by atoms with Crippen molar-refractivity contribution < 1.29 is 4.42 Å². The van der Waals surface area contributed by atoms with Crippen LogP contribution in [-0.2, 0) is 27.1 Å². The number of aromatic nitrogens is 1. The predicted octanol–water partition coefficient (Wildman–Crippen LogP) is 19.0. The molecular weight excluding hydrogens is 956 g/mol. The molecule has 9 aromatic carbocycles. The molecule has 14 rings (SSSR count). The molecule has 0 saturated carbocycles. The van der Waals surface area contributed by atoms with Crippen LogP contribution in [-0.4, -0.2) is 11.4 Å². The first-order chi connectivity index (χ1) is 37.5. The average molecular weight is 1030 g/mol. The third kappa shape index (κ3) is 7.39. The van der Waals surface area contributed by atoms with Gasteiger partial charge in [0.25, 0.3) is 0 Å². The highest BCUT2D eigenvalue weighted by Crippen LogP contribution is 2.59. The lowest BCUT2D eigenvalue weighted by Crippen LogP contribution is -2.60. The average Bonchev–Trinajstić information content (AvgIpc) is 2.17. The van der Waals surface area contributed by atoms with E-state index in [2.05, 4.69) is 282 Å². The molecule has 4 heterocycles. The van der Waals surface area contributed by atoms with E-state index in [1.807, 2.05) is 0 Å². The van der Waals surface area contributed by atoms with Gasteiger partial charge in [-0.1, -0.05) is 212 Å². The summed E-state index contributed by atoms with van der Waals surface area (Å²) in [4.78, 5) is 2.69. The molecule has 79 heavy (non-hydrogen) atoms. The van der Waals surface area contributed by atoms with Crippen molar-refractivity contribution in [2.45, 2.75) is 124 Å². The minimum absolute atomic E-state index is 0.00911. The molecule has 4 heteroatoms. The van der Waals surface area contributed by atoms with Crippen LogP contribution in [0.1, 0.15) is 147 Å². The zero-order valence-electron chi connectivity index (χ0n) is 48.6. The van der Waals surface area contributed by atoms with Crippen molar-refractivity contribution in [1.82, 2.24) is 4.57 Å².